The van der Waals surface area contributed by atoms with Crippen LogP contribution in [0, 0.1) is 6.92 Å². The minimum atomic E-state index is -0.137. The zero-order valence-corrected chi connectivity index (χ0v) is 20.5. The predicted octanol–water partition coefficient (Wildman–Crippen LogP) is 6.32. The second kappa shape index (κ2) is 9.84. The average molecular weight is 484 g/mol. The number of aryl methyl sites for hydroxylation is 2. The zero-order chi connectivity index (χ0) is 24.4. The van der Waals surface area contributed by atoms with Crippen LogP contribution in [-0.2, 0) is 19.4 Å². The van der Waals surface area contributed by atoms with Gasteiger partial charge in [-0.25, -0.2) is 14.8 Å². The fourth-order valence-electron chi connectivity index (χ4n) is 4.42. The number of carbonyl (C=O) groups excluding carboxylic acids is 1. The smallest absolute Gasteiger partial charge is 0.320 e. The van der Waals surface area contributed by atoms with Gasteiger partial charge in [0.1, 0.15) is 0 Å². The minimum absolute atomic E-state index is 0.137. The molecule has 0 saturated heterocycles. The zero-order valence-electron chi connectivity index (χ0n) is 19.8. The molecule has 1 aliphatic rings. The largest absolute Gasteiger partial charge is 0.322 e. The van der Waals surface area contributed by atoms with Gasteiger partial charge in [0, 0.05) is 47.7 Å². The lowest BCUT2D eigenvalue weighted by atomic mass is 9.96. The fraction of sp³-hybridized carbons (Fsp3) is 0.214. The van der Waals surface area contributed by atoms with Crippen LogP contribution in [0.2, 0.25) is 5.02 Å². The van der Waals surface area contributed by atoms with Crippen molar-refractivity contribution in [3.8, 4) is 22.6 Å². The van der Waals surface area contributed by atoms with E-state index in [4.69, 9.17) is 21.6 Å². The van der Waals surface area contributed by atoms with Crippen LogP contribution in [-0.4, -0.2) is 32.4 Å². The van der Waals surface area contributed by atoms with E-state index in [-0.39, 0.29) is 6.03 Å². The van der Waals surface area contributed by atoms with Crippen molar-refractivity contribution in [2.45, 2.75) is 33.2 Å². The summed E-state index contributed by atoms with van der Waals surface area (Å²) in [6.07, 6.45) is 5.04. The summed E-state index contributed by atoms with van der Waals surface area (Å²) in [7, 11) is 0. The number of halogens is 1. The van der Waals surface area contributed by atoms with Crippen molar-refractivity contribution in [2.24, 2.45) is 0 Å². The number of fused-ring (bicyclic) bond motifs is 1. The molecule has 1 aliphatic heterocycles. The van der Waals surface area contributed by atoms with Gasteiger partial charge in [-0.2, -0.15) is 0 Å². The average Bonchev–Trinajstić information content (AvgIpc) is 2.88. The van der Waals surface area contributed by atoms with E-state index >= 15 is 0 Å². The Morgan fingerprint density at radius 2 is 1.97 bits per heavy atom. The molecule has 176 valence electrons. The number of hydrogen-bond donors (Lipinski definition) is 1. The van der Waals surface area contributed by atoms with Crippen LogP contribution in [0.1, 0.15) is 29.3 Å². The molecule has 0 bridgehead atoms. The predicted molar refractivity (Wildman–Crippen MR) is 139 cm³/mol. The van der Waals surface area contributed by atoms with Crippen molar-refractivity contribution in [1.29, 1.82) is 0 Å². The highest BCUT2D eigenvalue weighted by Gasteiger charge is 2.27. The van der Waals surface area contributed by atoms with Crippen LogP contribution in [0.3, 0.4) is 0 Å². The standard InChI is InChI=1S/C28H26ClN5O/c1-3-19-8-5-10-21(15-19)31-28(35)34-14-12-24-22(17-34)26(25-18(2)7-4-11-23(25)29)33-27(32-24)20-9-6-13-30-16-20/h4-11,13,15-16H,3,12,14,17H2,1-2H3,(H,31,35). The highest BCUT2D eigenvalue weighted by Crippen LogP contribution is 2.36. The molecule has 6 nitrogen and oxygen atoms in total. The van der Waals surface area contributed by atoms with Gasteiger partial charge in [0.25, 0.3) is 0 Å². The summed E-state index contributed by atoms with van der Waals surface area (Å²) in [5, 5.41) is 3.67. The number of rotatable bonds is 4. The molecule has 0 atom stereocenters. The number of nitrogens with one attached hydrogen (secondary N) is 1. The molecule has 0 radical (unpaired) electrons. The van der Waals surface area contributed by atoms with E-state index in [0.29, 0.717) is 30.4 Å². The monoisotopic (exact) mass is 483 g/mol. The maximum atomic E-state index is 13.2. The van der Waals surface area contributed by atoms with Gasteiger partial charge in [0.05, 0.1) is 23.0 Å². The first-order valence-corrected chi connectivity index (χ1v) is 12.1. The van der Waals surface area contributed by atoms with Crippen molar-refractivity contribution >= 4 is 23.3 Å². The van der Waals surface area contributed by atoms with Crippen molar-refractivity contribution in [3.63, 3.8) is 0 Å². The summed E-state index contributed by atoms with van der Waals surface area (Å²) in [5.74, 6) is 0.612. The van der Waals surface area contributed by atoms with E-state index in [1.54, 1.807) is 12.4 Å². The third-order valence-electron chi connectivity index (χ3n) is 6.31. The van der Waals surface area contributed by atoms with E-state index in [1.807, 2.05) is 60.4 Å². The Labute approximate surface area is 210 Å². The molecule has 0 unspecified atom stereocenters. The molecule has 0 spiro atoms. The summed E-state index contributed by atoms with van der Waals surface area (Å²) in [6.45, 7) is 5.09. The van der Waals surface area contributed by atoms with E-state index in [1.165, 1.54) is 5.56 Å². The third kappa shape index (κ3) is 4.75. The Morgan fingerprint density at radius 1 is 1.11 bits per heavy atom. The van der Waals surface area contributed by atoms with Crippen LogP contribution >= 0.6 is 11.6 Å². The van der Waals surface area contributed by atoms with E-state index in [9.17, 15) is 4.79 Å². The first-order chi connectivity index (χ1) is 17.0. The lowest BCUT2D eigenvalue weighted by molar-refractivity contribution is 0.206. The number of nitrogens with zero attached hydrogens (tertiary/aromatic N) is 4. The summed E-state index contributed by atoms with van der Waals surface area (Å²) in [5.41, 5.74) is 7.34. The Morgan fingerprint density at radius 3 is 2.74 bits per heavy atom. The minimum Gasteiger partial charge on any atom is -0.320 e. The molecule has 7 heteroatoms. The first kappa shape index (κ1) is 23.0. The first-order valence-electron chi connectivity index (χ1n) is 11.7. The number of hydrogen-bond acceptors (Lipinski definition) is 4. The van der Waals surface area contributed by atoms with Crippen molar-refractivity contribution in [3.05, 3.63) is 94.4 Å². The maximum absolute atomic E-state index is 13.2. The van der Waals surface area contributed by atoms with Gasteiger partial charge in [-0.1, -0.05) is 42.8 Å². The molecule has 3 heterocycles. The van der Waals surface area contributed by atoms with E-state index < -0.39 is 0 Å². The number of amides is 2. The van der Waals surface area contributed by atoms with Crippen LogP contribution in [0.5, 0.6) is 0 Å². The summed E-state index contributed by atoms with van der Waals surface area (Å²) in [4.78, 5) is 29.1. The second-order valence-corrected chi connectivity index (χ2v) is 9.06. The quantitative estimate of drug-likeness (QED) is 0.368. The molecule has 4 aromatic rings. The van der Waals surface area contributed by atoms with Crippen LogP contribution in [0.4, 0.5) is 10.5 Å². The SMILES string of the molecule is CCc1cccc(NC(=O)N2CCc3nc(-c4cccnc4)nc(-c4c(C)cccc4Cl)c3C2)c1. The van der Waals surface area contributed by atoms with Crippen LogP contribution in [0.15, 0.2) is 67.0 Å². The van der Waals surface area contributed by atoms with Gasteiger partial charge in [-0.05, 0) is 54.8 Å². The molecule has 5 rings (SSSR count). The van der Waals surface area contributed by atoms with Crippen LogP contribution < -0.4 is 5.32 Å². The number of anilines is 1. The molecule has 2 aromatic heterocycles. The highest BCUT2D eigenvalue weighted by molar-refractivity contribution is 6.33. The topological polar surface area (TPSA) is 71.0 Å². The number of benzene rings is 2. The molecule has 0 aliphatic carbocycles. The molecular weight excluding hydrogens is 458 g/mol. The van der Waals surface area contributed by atoms with Gasteiger partial charge in [-0.15, -0.1) is 0 Å². The van der Waals surface area contributed by atoms with Gasteiger partial charge < -0.3 is 10.2 Å². The van der Waals surface area contributed by atoms with Crippen molar-refractivity contribution in [1.82, 2.24) is 19.9 Å². The van der Waals surface area contributed by atoms with Crippen molar-refractivity contribution in [2.75, 3.05) is 11.9 Å². The normalized spacial score (nSPS) is 12.8. The lowest BCUT2D eigenvalue weighted by Crippen LogP contribution is -2.39. The Hall–Kier alpha value is -3.77. The number of aromatic nitrogens is 3. The van der Waals surface area contributed by atoms with Gasteiger partial charge >= 0.3 is 6.03 Å². The Balaban J connectivity index is 1.53. The van der Waals surface area contributed by atoms with Gasteiger partial charge in [0.15, 0.2) is 5.82 Å². The molecule has 2 amide bonds. The van der Waals surface area contributed by atoms with Crippen LogP contribution in [0.25, 0.3) is 22.6 Å². The third-order valence-corrected chi connectivity index (χ3v) is 6.63. The highest BCUT2D eigenvalue weighted by atomic mass is 35.5. The molecule has 0 saturated carbocycles. The van der Waals surface area contributed by atoms with E-state index in [2.05, 4.69) is 23.3 Å². The molecule has 1 N–H and O–H groups in total. The van der Waals surface area contributed by atoms with Gasteiger partial charge in [-0.3, -0.25) is 4.98 Å². The van der Waals surface area contributed by atoms with Crippen molar-refractivity contribution < 1.29 is 4.79 Å². The molecule has 2 aromatic carbocycles. The lowest BCUT2D eigenvalue weighted by Gasteiger charge is -2.30. The Kier molecular flexibility index (Phi) is 6.47. The molecule has 35 heavy (non-hydrogen) atoms. The molecule has 0 fully saturated rings. The summed E-state index contributed by atoms with van der Waals surface area (Å²) in [6, 6.07) is 17.5. The fourth-order valence-corrected chi connectivity index (χ4v) is 4.73. The van der Waals surface area contributed by atoms with E-state index in [0.717, 1.165) is 45.7 Å². The second-order valence-electron chi connectivity index (χ2n) is 8.65. The summed E-state index contributed by atoms with van der Waals surface area (Å²) >= 11 is 6.67. The Bertz CT molecular complexity index is 1370. The number of urea groups is 1. The maximum Gasteiger partial charge on any atom is 0.322 e. The number of carbonyl (C=O) groups is 1. The molecular formula is C28H26ClN5O. The van der Waals surface area contributed by atoms with Gasteiger partial charge in [0.2, 0.25) is 0 Å². The number of pyridine rings is 1. The summed E-state index contributed by atoms with van der Waals surface area (Å²) < 4.78 is 0.